The molecule has 0 aromatic heterocycles. The van der Waals surface area contributed by atoms with Gasteiger partial charge < -0.3 is 5.11 Å². The fraction of sp³-hybridized carbons (Fsp3) is 0. The molecule has 0 atom stereocenters. The zero-order valence-corrected chi connectivity index (χ0v) is 2.34. The summed E-state index contributed by atoms with van der Waals surface area (Å²) in [4.78, 5) is 16.0. The Kier molecular flexibility index (Phi) is 1310. The van der Waals surface area contributed by atoms with Crippen molar-refractivity contribution in [3.05, 3.63) is 0 Å². The molecule has 0 aromatic carbocycles. The van der Waals surface area contributed by atoms with Gasteiger partial charge in [0, 0.05) is 0 Å². The third-order valence-electron chi connectivity index (χ3n) is 0. The van der Waals surface area contributed by atoms with Crippen LogP contribution < -0.4 is 0 Å². The van der Waals surface area contributed by atoms with Gasteiger partial charge in [-0.3, -0.25) is 4.79 Å². The molecular formula is C2H2O3. The van der Waals surface area contributed by atoms with Gasteiger partial charge in [0.1, 0.15) is 0 Å². The normalized spacial score (nSPS) is 3.20. The van der Waals surface area contributed by atoms with Crippen LogP contribution in [0.3, 0.4) is 0 Å². The first-order chi connectivity index (χ1) is 2.41. The molecule has 0 aliphatic heterocycles. The van der Waals surface area contributed by atoms with E-state index < -0.39 is 0 Å². The van der Waals surface area contributed by atoms with Gasteiger partial charge in [0.2, 0.25) is 0 Å². The molecule has 0 aliphatic carbocycles. The highest BCUT2D eigenvalue weighted by Crippen LogP contribution is 0.973. The SMILES string of the molecule is O=[C]O.[CH]=O. The molecule has 5 heavy (non-hydrogen) atoms. The lowest BCUT2D eigenvalue weighted by atomic mass is 11.7. The van der Waals surface area contributed by atoms with Crippen LogP contribution in [0.25, 0.3) is 0 Å². The summed E-state index contributed by atoms with van der Waals surface area (Å²) in [7, 11) is 0. The molecular weight excluding hydrogens is 72.0 g/mol. The van der Waals surface area contributed by atoms with Crippen molar-refractivity contribution in [1.82, 2.24) is 0 Å². The quantitative estimate of drug-likeness (QED) is 0.388. The molecule has 0 spiro atoms. The Morgan fingerprint density at radius 1 is 1.60 bits per heavy atom. The fourth-order valence-electron chi connectivity index (χ4n) is 0. The van der Waals surface area contributed by atoms with Crippen molar-refractivity contribution in [3.63, 3.8) is 0 Å². The first-order valence-corrected chi connectivity index (χ1v) is 0.663. The van der Waals surface area contributed by atoms with E-state index in [0.717, 1.165) is 0 Å². The highest BCUT2D eigenvalue weighted by atomic mass is 16.3. The van der Waals surface area contributed by atoms with E-state index in [1.165, 1.54) is 0 Å². The maximum atomic E-state index is 8.24. The molecule has 0 unspecified atom stereocenters. The maximum absolute atomic E-state index is 8.24. The summed E-state index contributed by atoms with van der Waals surface area (Å²) in [6, 6.07) is 0. The maximum Gasteiger partial charge on any atom is 0.414 e. The predicted octanol–water partition coefficient (Wildman–Crippen LogP) is -0.662. The van der Waals surface area contributed by atoms with Crippen molar-refractivity contribution >= 4 is 13.3 Å². The fourth-order valence-corrected chi connectivity index (χ4v) is 0. The molecule has 0 amide bonds. The van der Waals surface area contributed by atoms with Gasteiger partial charge in [0.15, 0.2) is 6.79 Å². The second-order valence-electron chi connectivity index (χ2n) is 0.0913. The third kappa shape index (κ3) is 5.52. The van der Waals surface area contributed by atoms with Gasteiger partial charge >= 0.3 is 6.47 Å². The summed E-state index contributed by atoms with van der Waals surface area (Å²) in [5.41, 5.74) is 0. The van der Waals surface area contributed by atoms with Crippen molar-refractivity contribution in [2.75, 3.05) is 0 Å². The van der Waals surface area contributed by atoms with E-state index in [1.54, 1.807) is 0 Å². The summed E-state index contributed by atoms with van der Waals surface area (Å²) in [6.07, 6.45) is 0. The lowest BCUT2D eigenvalue weighted by molar-refractivity contribution is 0.437. The zero-order valence-electron chi connectivity index (χ0n) is 2.34. The van der Waals surface area contributed by atoms with E-state index in [2.05, 4.69) is 6.79 Å². The summed E-state index contributed by atoms with van der Waals surface area (Å²) in [5.74, 6) is 0. The minimum Gasteiger partial charge on any atom is -0.473 e. The molecule has 0 fully saturated rings. The minimum absolute atomic E-state index is 0.500. The first kappa shape index (κ1) is 8.91. The molecule has 2 radical (unpaired) electrons. The average molecular weight is 74.0 g/mol. The Bertz CT molecular complexity index is 18.9. The molecule has 0 saturated carbocycles. The highest BCUT2D eigenvalue weighted by Gasteiger charge is 1.30. The van der Waals surface area contributed by atoms with Crippen molar-refractivity contribution in [2.45, 2.75) is 0 Å². The summed E-state index contributed by atoms with van der Waals surface area (Å²) < 4.78 is 0. The largest absolute Gasteiger partial charge is 0.473 e. The van der Waals surface area contributed by atoms with Crippen LogP contribution in [0.5, 0.6) is 0 Å². The first-order valence-electron chi connectivity index (χ1n) is 0.663. The van der Waals surface area contributed by atoms with Crippen LogP contribution in [0.4, 0.5) is 0 Å². The summed E-state index contributed by atoms with van der Waals surface area (Å²) >= 11 is 0. The third-order valence-corrected chi connectivity index (χ3v) is 0. The lowest BCUT2D eigenvalue weighted by Crippen LogP contribution is -1.48. The van der Waals surface area contributed by atoms with Crippen LogP contribution in [0, 0.1) is 0 Å². The van der Waals surface area contributed by atoms with E-state index in [1.807, 2.05) is 0 Å². The minimum atomic E-state index is 0.500. The van der Waals surface area contributed by atoms with E-state index in [0.29, 0.717) is 6.47 Å². The number of hydrogen-bond donors (Lipinski definition) is 1. The van der Waals surface area contributed by atoms with Gasteiger partial charge in [0.05, 0.1) is 0 Å². The molecule has 0 aliphatic rings. The Hall–Kier alpha value is -0.860. The second-order valence-corrected chi connectivity index (χ2v) is 0.0913. The Labute approximate surface area is 29.2 Å². The van der Waals surface area contributed by atoms with Gasteiger partial charge in [0.25, 0.3) is 0 Å². The molecule has 3 heteroatoms. The summed E-state index contributed by atoms with van der Waals surface area (Å²) in [5, 5.41) is 6.76. The Morgan fingerprint density at radius 3 is 1.60 bits per heavy atom. The topological polar surface area (TPSA) is 54.4 Å². The van der Waals surface area contributed by atoms with Crippen LogP contribution >= 0.6 is 0 Å². The van der Waals surface area contributed by atoms with Crippen molar-refractivity contribution in [3.8, 4) is 0 Å². The van der Waals surface area contributed by atoms with Crippen LogP contribution in [-0.4, -0.2) is 18.4 Å². The number of rotatable bonds is 0. The van der Waals surface area contributed by atoms with Crippen LogP contribution in [0.2, 0.25) is 0 Å². The lowest BCUT2D eigenvalue weighted by Gasteiger charge is -1.29. The average Bonchev–Trinajstić information content (AvgIpc) is 1.46. The van der Waals surface area contributed by atoms with Crippen molar-refractivity contribution in [1.29, 1.82) is 0 Å². The van der Waals surface area contributed by atoms with Crippen LogP contribution in [0.1, 0.15) is 0 Å². The Morgan fingerprint density at radius 2 is 1.60 bits per heavy atom. The van der Waals surface area contributed by atoms with Gasteiger partial charge in [-0.15, -0.1) is 0 Å². The number of aliphatic hydroxyl groups excluding tert-OH is 1. The van der Waals surface area contributed by atoms with Crippen molar-refractivity contribution < 1.29 is 14.7 Å². The molecule has 3 nitrogen and oxygen atoms in total. The second kappa shape index (κ2) is 734. The number of carbonyl (C=O) groups excluding carboxylic acids is 1. The van der Waals surface area contributed by atoms with Crippen LogP contribution in [0.15, 0.2) is 0 Å². The molecule has 0 heterocycles. The van der Waals surface area contributed by atoms with Gasteiger partial charge in [-0.2, -0.15) is 0 Å². The van der Waals surface area contributed by atoms with E-state index >= 15 is 0 Å². The van der Waals surface area contributed by atoms with E-state index in [4.69, 9.17) is 14.7 Å². The Balaban J connectivity index is 0. The monoisotopic (exact) mass is 74.0 g/mol. The van der Waals surface area contributed by atoms with E-state index in [9.17, 15) is 0 Å². The molecule has 0 rings (SSSR count). The van der Waals surface area contributed by atoms with Gasteiger partial charge in [-0.25, -0.2) is 4.79 Å². The molecule has 28 valence electrons. The molecule has 0 aromatic rings. The molecule has 1 N–H and O–H groups in total. The van der Waals surface area contributed by atoms with Crippen molar-refractivity contribution in [2.24, 2.45) is 0 Å². The van der Waals surface area contributed by atoms with Gasteiger partial charge in [-0.05, 0) is 0 Å². The molecule has 0 bridgehead atoms. The highest BCUT2D eigenvalue weighted by molar-refractivity contribution is 5.34. The molecule has 0 saturated heterocycles. The van der Waals surface area contributed by atoms with Gasteiger partial charge in [-0.1, -0.05) is 0 Å². The van der Waals surface area contributed by atoms with E-state index in [-0.39, 0.29) is 0 Å². The zero-order chi connectivity index (χ0) is 4.71. The predicted molar refractivity (Wildman–Crippen MR) is 15.1 cm³/mol. The standard InChI is InChI=1S/CHO2.CHO/c2-1-3;1-2/h(H,2,3);1H. The summed E-state index contributed by atoms with van der Waals surface area (Å²) in [6.45, 7) is 3.75. The van der Waals surface area contributed by atoms with Crippen LogP contribution in [-0.2, 0) is 9.59 Å². The smallest absolute Gasteiger partial charge is 0.414 e. The number of hydrogen-bond acceptors (Lipinski definition) is 2.